The third-order valence-corrected chi connectivity index (χ3v) is 63.8. The Morgan fingerprint density at radius 3 is 1.42 bits per heavy atom. The number of carbonyl (C=O) groups is 2. The number of carbonyl (C=O) groups excluding carboxylic acids is 2. The van der Waals surface area contributed by atoms with Gasteiger partial charge in [0, 0.05) is 16.9 Å². The molecule has 0 bridgehead atoms. The zero-order chi connectivity index (χ0) is 60.1. The van der Waals surface area contributed by atoms with Gasteiger partial charge in [-0.25, -0.2) is 4.79 Å². The molecule has 4 aromatic rings. The van der Waals surface area contributed by atoms with E-state index in [0.717, 1.165) is 45.1 Å². The van der Waals surface area contributed by atoms with Gasteiger partial charge in [0.25, 0.3) is 5.91 Å². The summed E-state index contributed by atoms with van der Waals surface area (Å²) in [5.41, 5.74) is 9.30. The average Bonchev–Trinajstić information content (AvgIpc) is 3.27. The molecule has 1 fully saturated rings. The maximum absolute atomic E-state index is 12.5. The van der Waals surface area contributed by atoms with Crippen LogP contribution in [0.25, 0.3) is 0 Å². The first-order chi connectivity index (χ1) is 35.2. The van der Waals surface area contributed by atoms with Crippen molar-refractivity contribution in [2.24, 2.45) is 0 Å². The molecule has 1 aliphatic rings. The molecule has 78 heavy (non-hydrogen) atoms. The molecule has 0 spiro atoms. The zero-order valence-corrected chi connectivity index (χ0v) is 62.6. The summed E-state index contributed by atoms with van der Waals surface area (Å²) in [6, 6.07) is 27.9. The fourth-order valence-electron chi connectivity index (χ4n) is 8.70. The van der Waals surface area contributed by atoms with Crippen LogP contribution >= 0.6 is 0 Å². The van der Waals surface area contributed by atoms with Crippen molar-refractivity contribution in [2.75, 3.05) is 16.8 Å². The fourth-order valence-corrected chi connectivity index (χ4v) is 44.4. The molecule has 2 atom stereocenters. The van der Waals surface area contributed by atoms with E-state index in [0.29, 0.717) is 17.8 Å². The maximum atomic E-state index is 12.5. The number of β-lactam (4-membered cyclic amide) rings is 1. The Morgan fingerprint density at radius 1 is 0.628 bits per heavy atom. The van der Waals surface area contributed by atoms with Gasteiger partial charge in [-0.15, -0.1) is 0 Å². The Bertz CT molecular complexity index is 2650. The van der Waals surface area contributed by atoms with Crippen molar-refractivity contribution in [1.29, 1.82) is 0 Å². The molecule has 9 nitrogen and oxygen atoms in total. The molecule has 0 aromatic heterocycles. The number of aryl methyl sites for hydroxylation is 4. The minimum atomic E-state index is -2.01. The summed E-state index contributed by atoms with van der Waals surface area (Å²) in [6.07, 6.45) is 0. The first kappa shape index (κ1) is 69.0. The molecule has 430 valence electrons. The van der Waals surface area contributed by atoms with Crippen LogP contribution in [0, 0.1) is 27.7 Å². The van der Waals surface area contributed by atoms with E-state index in [9.17, 15) is 9.59 Å². The van der Waals surface area contributed by atoms with Crippen molar-refractivity contribution in [2.45, 2.75) is 203 Å². The second-order valence-corrected chi connectivity index (χ2v) is 66.1. The number of ether oxygens (including phenoxy) is 1. The summed E-state index contributed by atoms with van der Waals surface area (Å²) >= 11 is -0.599. The summed E-state index contributed by atoms with van der Waals surface area (Å²) in [5, 5.41) is 3.67. The number of nitrogens with one attached hydrogen (secondary N) is 1. The number of benzene rings is 4. The molecule has 16 heteroatoms. The van der Waals surface area contributed by atoms with Crippen LogP contribution in [0.3, 0.4) is 0 Å². The van der Waals surface area contributed by atoms with Crippen molar-refractivity contribution in [3.8, 4) is 11.5 Å². The number of esters is 1. The van der Waals surface area contributed by atoms with Crippen molar-refractivity contribution in [1.82, 2.24) is 4.91 Å². The molecular formula is C62H104N4O5Si6Sn. The zero-order valence-electron chi connectivity index (χ0n) is 53.7. The summed E-state index contributed by atoms with van der Waals surface area (Å²) in [4.78, 5) is 26.9. The quantitative estimate of drug-likeness (QED) is 0.0457. The van der Waals surface area contributed by atoms with E-state index < -0.39 is 83.3 Å². The van der Waals surface area contributed by atoms with Gasteiger partial charge in [-0.2, -0.15) is 0 Å². The van der Waals surface area contributed by atoms with Gasteiger partial charge in [0.05, 0.1) is 24.3 Å². The van der Waals surface area contributed by atoms with Crippen molar-refractivity contribution in [3.05, 3.63) is 143 Å². The van der Waals surface area contributed by atoms with Gasteiger partial charge in [-0.3, -0.25) is 9.69 Å². The van der Waals surface area contributed by atoms with Crippen LogP contribution in [0.2, 0.25) is 115 Å². The van der Waals surface area contributed by atoms with Crippen LogP contribution in [0.15, 0.2) is 109 Å². The van der Waals surface area contributed by atoms with Crippen LogP contribution < -0.4 is 19.1 Å². The first-order valence-electron chi connectivity index (χ1n) is 28.0. The summed E-state index contributed by atoms with van der Waals surface area (Å²) < 4.78 is 24.6. The number of nitrogens with zero attached hydrogens (tertiary/aromatic N) is 3. The van der Waals surface area contributed by atoms with Gasteiger partial charge >= 0.3 is 144 Å². The number of anilines is 2. The van der Waals surface area contributed by atoms with Crippen molar-refractivity contribution >= 4 is 94.5 Å². The Balaban J connectivity index is 0.000000317. The van der Waals surface area contributed by atoms with Gasteiger partial charge in [0.15, 0.2) is 0 Å². The molecule has 1 N–H and O–H groups in total. The van der Waals surface area contributed by atoms with Gasteiger partial charge in [0.1, 0.15) is 11.5 Å². The standard InChI is InChI=1S/C26H37NO3Si.C24H31NO2Si.2C6H18NSi2.Sn/c1-10-29-25(28)20(4)24(27-22-15-11-18(2)12-16-22)21-14-13-19(3)23(17-21)30-31(8,9)26(5,6)7;1-16-9-13-20(14-10-16)25-22(18(3)23(25)26)19-12-11-17(2)21(15-19)27-28(7,8)24(4,5)6;2*1-8(2,3)7-9(4,5)6;/h11-17,24,27H,4,10H2,1-3,5-9H3;9-15,22H,3H2,1-2,4-8H3;2*1-6H3;/q;;2*-1;+2/t24-;22-;;;/m11.../s1. The van der Waals surface area contributed by atoms with Crippen molar-refractivity contribution in [3.63, 3.8) is 0 Å². The van der Waals surface area contributed by atoms with E-state index in [1.54, 1.807) is 6.92 Å². The van der Waals surface area contributed by atoms with Crippen molar-refractivity contribution < 1.29 is 23.2 Å². The summed E-state index contributed by atoms with van der Waals surface area (Å²) in [6.45, 7) is 71.4. The molecule has 5 rings (SSSR count). The van der Waals surface area contributed by atoms with Crippen LogP contribution in [0.1, 0.15) is 93.9 Å². The second kappa shape index (κ2) is 26.3. The first-order valence-corrected chi connectivity index (χ1v) is 50.1. The van der Waals surface area contributed by atoms with Crippen LogP contribution in [0.4, 0.5) is 11.4 Å². The monoisotopic (exact) mass is 1270 g/mol. The van der Waals surface area contributed by atoms with Gasteiger partial charge in [-0.05, 0) is 130 Å². The van der Waals surface area contributed by atoms with Gasteiger partial charge < -0.3 is 18.9 Å². The average molecular weight is 1270 g/mol. The van der Waals surface area contributed by atoms with Gasteiger partial charge in [0.2, 0.25) is 16.6 Å². The minimum absolute atomic E-state index is 0.0127. The molecule has 1 aliphatic heterocycles. The molecule has 4 aromatic carbocycles. The summed E-state index contributed by atoms with van der Waals surface area (Å²) in [7, 11) is -8.64. The number of hydrogen-bond donors (Lipinski definition) is 1. The molecule has 1 amide bonds. The normalized spacial score (nSPS) is 15.1. The Hall–Kier alpha value is -3.28. The molecule has 0 saturated carbocycles. The van der Waals surface area contributed by atoms with Crippen LogP contribution in [0.5, 0.6) is 11.5 Å². The number of amides is 1. The van der Waals surface area contributed by atoms with E-state index >= 15 is 0 Å². The Kier molecular flexibility index (Phi) is 23.3. The van der Waals surface area contributed by atoms with Crippen LogP contribution in [-0.2, 0) is 14.3 Å². The predicted octanol–water partition coefficient (Wildman–Crippen LogP) is 17.8. The summed E-state index contributed by atoms with van der Waals surface area (Å²) in [5.74, 6) is 1.36. The molecule has 1 heterocycles. The van der Waals surface area contributed by atoms with E-state index in [1.807, 2.05) is 85.5 Å². The SMILES string of the molecule is C=C(C(=O)OCC)[C@@H](Nc1ccc(C)cc1)c1ccc(C)c(O[Si](C)(C)C(C)(C)C)c1.C=C1C(=O)N(c2ccc(C)cc2)[C@H]1c1ccc(C)c(O[Si](C)(C)C(C)(C)C)c1.C[Si](C)(C)[N]([Sn][N]([Si](C)(C)C)[Si](C)(C)C)[Si](C)(C)C. The van der Waals surface area contributed by atoms with E-state index in [4.69, 9.17) is 13.6 Å². The van der Waals surface area contributed by atoms with E-state index in [2.05, 4.69) is 202 Å². The molecule has 1 saturated heterocycles. The topological polar surface area (TPSA) is 83.6 Å². The second-order valence-electron chi connectivity index (χ2n) is 28.4. The third kappa shape index (κ3) is 18.6. The fraction of sp³-hybridized carbons (Fsp3) is 0.516. The van der Waals surface area contributed by atoms with E-state index in [-0.39, 0.29) is 22.0 Å². The van der Waals surface area contributed by atoms with E-state index in [1.165, 1.54) is 11.1 Å². The number of rotatable bonds is 18. The molecule has 0 aliphatic carbocycles. The molecule has 0 unspecified atom stereocenters. The Labute approximate surface area is 492 Å². The molecular weight excluding hydrogens is 1170 g/mol. The predicted molar refractivity (Wildman–Crippen MR) is 355 cm³/mol. The third-order valence-electron chi connectivity index (χ3n) is 14.9. The van der Waals surface area contributed by atoms with Crippen LogP contribution in [-0.4, -0.2) is 94.7 Å². The van der Waals surface area contributed by atoms with Gasteiger partial charge in [-0.1, -0.05) is 114 Å². The molecule has 2 radical (unpaired) electrons. The number of hydrogen-bond acceptors (Lipinski definition) is 8. The Morgan fingerprint density at radius 2 is 1.03 bits per heavy atom.